The summed E-state index contributed by atoms with van der Waals surface area (Å²) in [5.74, 6) is 0. The Hall–Kier alpha value is -0.240. The third-order valence-electron chi connectivity index (χ3n) is 2.50. The quantitative estimate of drug-likeness (QED) is 0.468. The number of fused-ring (bicyclic) bond motifs is 1. The molecule has 3 N–H and O–H groups in total. The maximum absolute atomic E-state index is 9.62. The van der Waals surface area contributed by atoms with Crippen LogP contribution in [0.25, 0.3) is 0 Å². The van der Waals surface area contributed by atoms with Crippen LogP contribution in [-0.4, -0.2) is 58.9 Å². The van der Waals surface area contributed by atoms with Crippen molar-refractivity contribution in [2.75, 3.05) is 6.61 Å². The molecule has 0 aromatic rings. The normalized spacial score (nSPS) is 53.1. The summed E-state index contributed by atoms with van der Waals surface area (Å²) in [5.41, 5.74) is 0. The van der Waals surface area contributed by atoms with Crippen molar-refractivity contribution in [1.29, 1.82) is 0 Å². The molecule has 2 fully saturated rings. The van der Waals surface area contributed by atoms with Gasteiger partial charge in [0, 0.05) is 0 Å². The molecule has 2 aliphatic rings. The largest absolute Gasteiger partial charge is 0.394 e. The number of hydrogen-bond donors (Lipinski definition) is 3. The zero-order valence-corrected chi connectivity index (χ0v) is 7.74. The van der Waals surface area contributed by atoms with Gasteiger partial charge < -0.3 is 29.5 Å². The predicted molar refractivity (Wildman–Crippen MR) is 43.2 cm³/mol. The molecule has 0 amide bonds. The van der Waals surface area contributed by atoms with Gasteiger partial charge in [0.15, 0.2) is 12.6 Å². The second-order valence-corrected chi connectivity index (χ2v) is 3.51. The highest BCUT2D eigenvalue weighted by Gasteiger charge is 2.50. The first-order valence-corrected chi connectivity index (χ1v) is 4.57. The van der Waals surface area contributed by atoms with Crippen molar-refractivity contribution >= 4 is 0 Å². The van der Waals surface area contributed by atoms with Crippen molar-refractivity contribution < 1.29 is 29.5 Å². The molecule has 6 atom stereocenters. The Morgan fingerprint density at radius 1 is 1.07 bits per heavy atom. The monoisotopic (exact) mass is 206 g/mol. The summed E-state index contributed by atoms with van der Waals surface area (Å²) in [6.45, 7) is 1.31. The Morgan fingerprint density at radius 2 is 1.79 bits per heavy atom. The molecule has 0 spiro atoms. The summed E-state index contributed by atoms with van der Waals surface area (Å²) in [4.78, 5) is 0. The predicted octanol–water partition coefficient (Wildman–Crippen LogP) is -1.81. The van der Waals surface area contributed by atoms with E-state index in [2.05, 4.69) is 0 Å². The molecule has 0 aromatic heterocycles. The summed E-state index contributed by atoms with van der Waals surface area (Å²) in [6.07, 6.45) is -4.90. The van der Waals surface area contributed by atoms with Crippen molar-refractivity contribution in [3.8, 4) is 0 Å². The summed E-state index contributed by atoms with van der Waals surface area (Å²) in [6, 6.07) is 0. The van der Waals surface area contributed by atoms with Crippen LogP contribution in [-0.2, 0) is 14.2 Å². The van der Waals surface area contributed by atoms with Gasteiger partial charge in [-0.25, -0.2) is 0 Å². The van der Waals surface area contributed by atoms with E-state index in [0.29, 0.717) is 0 Å². The third-order valence-corrected chi connectivity index (χ3v) is 2.50. The number of rotatable bonds is 1. The second kappa shape index (κ2) is 3.73. The molecule has 2 aliphatic heterocycles. The minimum atomic E-state index is -1.14. The Balaban J connectivity index is 2.09. The Bertz CT molecular complexity index is 208. The lowest BCUT2D eigenvalue weighted by atomic mass is 9.99. The van der Waals surface area contributed by atoms with Crippen molar-refractivity contribution in [2.45, 2.75) is 43.9 Å². The molecule has 0 unspecified atom stereocenters. The fourth-order valence-electron chi connectivity index (χ4n) is 1.75. The van der Waals surface area contributed by atoms with Crippen LogP contribution < -0.4 is 0 Å². The molecule has 82 valence electrons. The highest BCUT2D eigenvalue weighted by molar-refractivity contribution is 4.91. The van der Waals surface area contributed by atoms with Crippen molar-refractivity contribution in [3.05, 3.63) is 0 Å². The van der Waals surface area contributed by atoms with Gasteiger partial charge in [0.05, 0.1) is 6.61 Å². The van der Waals surface area contributed by atoms with E-state index in [0.717, 1.165) is 0 Å². The lowest BCUT2D eigenvalue weighted by Crippen LogP contribution is -2.57. The van der Waals surface area contributed by atoms with E-state index in [1.54, 1.807) is 6.92 Å². The minimum absolute atomic E-state index is 0.362. The molecule has 0 aromatic carbocycles. The van der Waals surface area contributed by atoms with E-state index < -0.39 is 37.0 Å². The summed E-state index contributed by atoms with van der Waals surface area (Å²) >= 11 is 0. The summed E-state index contributed by atoms with van der Waals surface area (Å²) in [7, 11) is 0. The Labute approximate surface area is 81.0 Å². The number of aliphatic hydroxyl groups excluding tert-OH is 3. The highest BCUT2D eigenvalue weighted by atomic mass is 16.8. The van der Waals surface area contributed by atoms with Gasteiger partial charge in [0.1, 0.15) is 24.4 Å². The van der Waals surface area contributed by atoms with Crippen LogP contribution >= 0.6 is 0 Å². The van der Waals surface area contributed by atoms with Gasteiger partial charge in [-0.3, -0.25) is 0 Å². The first-order valence-electron chi connectivity index (χ1n) is 4.57. The van der Waals surface area contributed by atoms with Crippen LogP contribution in [0.3, 0.4) is 0 Å². The van der Waals surface area contributed by atoms with Crippen LogP contribution in [0.15, 0.2) is 0 Å². The highest BCUT2D eigenvalue weighted by Crippen LogP contribution is 2.30. The summed E-state index contributed by atoms with van der Waals surface area (Å²) < 4.78 is 15.6. The SMILES string of the molecule is C[C@@H]1O[C@H]2O[C@H](CO)[C@@H](O)[C@H](O)[C@H]2O1. The zero-order valence-electron chi connectivity index (χ0n) is 7.74. The van der Waals surface area contributed by atoms with Crippen LogP contribution in [0.5, 0.6) is 0 Å². The molecule has 14 heavy (non-hydrogen) atoms. The van der Waals surface area contributed by atoms with E-state index in [4.69, 9.17) is 19.3 Å². The molecule has 0 radical (unpaired) electrons. The maximum Gasteiger partial charge on any atom is 0.190 e. The molecule has 2 rings (SSSR count). The Morgan fingerprint density at radius 3 is 2.43 bits per heavy atom. The van der Waals surface area contributed by atoms with Gasteiger partial charge in [-0.2, -0.15) is 0 Å². The molecule has 0 saturated carbocycles. The number of hydrogen-bond acceptors (Lipinski definition) is 6. The standard InChI is InChI=1S/C8H14O6/c1-3-12-7-6(11)5(10)4(2-9)14-8(7)13-3/h3-11H,2H2,1H3/t3-,4+,5+,6-,7+,8-/m0/s1. The van der Waals surface area contributed by atoms with Gasteiger partial charge in [-0.15, -0.1) is 0 Å². The summed E-state index contributed by atoms with van der Waals surface area (Å²) in [5, 5.41) is 28.0. The first-order chi connectivity index (χ1) is 6.63. The van der Waals surface area contributed by atoms with Crippen molar-refractivity contribution in [1.82, 2.24) is 0 Å². The molecule has 6 heteroatoms. The Kier molecular flexibility index (Phi) is 2.74. The maximum atomic E-state index is 9.62. The van der Waals surface area contributed by atoms with Crippen molar-refractivity contribution in [3.63, 3.8) is 0 Å². The van der Waals surface area contributed by atoms with Crippen LogP contribution in [0.1, 0.15) is 6.92 Å². The third kappa shape index (κ3) is 1.54. The molecular weight excluding hydrogens is 192 g/mol. The topological polar surface area (TPSA) is 88.4 Å². The fraction of sp³-hybridized carbons (Fsp3) is 1.00. The fourth-order valence-corrected chi connectivity index (χ4v) is 1.75. The van der Waals surface area contributed by atoms with E-state index in [1.807, 2.05) is 0 Å². The van der Waals surface area contributed by atoms with E-state index in [9.17, 15) is 10.2 Å². The molecule has 6 nitrogen and oxygen atoms in total. The van der Waals surface area contributed by atoms with Gasteiger partial charge in [-0.1, -0.05) is 0 Å². The molecular formula is C8H14O6. The number of ether oxygens (including phenoxy) is 3. The lowest BCUT2D eigenvalue weighted by Gasteiger charge is -2.36. The van der Waals surface area contributed by atoms with Crippen LogP contribution in [0, 0.1) is 0 Å². The molecule has 2 saturated heterocycles. The van der Waals surface area contributed by atoms with Crippen LogP contribution in [0.4, 0.5) is 0 Å². The van der Waals surface area contributed by atoms with E-state index >= 15 is 0 Å². The van der Waals surface area contributed by atoms with E-state index in [1.165, 1.54) is 0 Å². The molecule has 2 heterocycles. The lowest BCUT2D eigenvalue weighted by molar-refractivity contribution is -0.252. The zero-order chi connectivity index (χ0) is 10.3. The average molecular weight is 206 g/mol. The molecule has 0 bridgehead atoms. The van der Waals surface area contributed by atoms with Crippen LogP contribution in [0.2, 0.25) is 0 Å². The number of aliphatic hydroxyl groups is 3. The second-order valence-electron chi connectivity index (χ2n) is 3.51. The minimum Gasteiger partial charge on any atom is -0.394 e. The van der Waals surface area contributed by atoms with Crippen molar-refractivity contribution in [2.24, 2.45) is 0 Å². The van der Waals surface area contributed by atoms with Gasteiger partial charge >= 0.3 is 0 Å². The van der Waals surface area contributed by atoms with Gasteiger partial charge in [0.2, 0.25) is 0 Å². The molecule has 0 aliphatic carbocycles. The average Bonchev–Trinajstić information content (AvgIpc) is 2.52. The smallest absolute Gasteiger partial charge is 0.190 e. The first kappa shape index (κ1) is 10.3. The van der Waals surface area contributed by atoms with Gasteiger partial charge in [0.25, 0.3) is 0 Å². The van der Waals surface area contributed by atoms with Gasteiger partial charge in [-0.05, 0) is 6.92 Å². The van der Waals surface area contributed by atoms with E-state index in [-0.39, 0.29) is 6.61 Å².